The lowest BCUT2D eigenvalue weighted by Crippen LogP contribution is -2.57. The van der Waals surface area contributed by atoms with Crippen molar-refractivity contribution in [3.8, 4) is 0 Å². The number of aliphatic hydroxyl groups excluding tert-OH is 3. The molecule has 0 fully saturated rings. The summed E-state index contributed by atoms with van der Waals surface area (Å²) < 4.78 is 0.809. The van der Waals surface area contributed by atoms with Crippen LogP contribution in [0.2, 0.25) is 5.02 Å². The van der Waals surface area contributed by atoms with Crippen molar-refractivity contribution >= 4 is 40.1 Å². The lowest BCUT2D eigenvalue weighted by molar-refractivity contribution is 0.0375. The van der Waals surface area contributed by atoms with E-state index in [0.717, 1.165) is 3.57 Å². The summed E-state index contributed by atoms with van der Waals surface area (Å²) in [5.41, 5.74) is -1.15. The number of nitrogens with one attached hydrogen (secondary N) is 1. The number of carbonyl (C=O) groups is 1. The summed E-state index contributed by atoms with van der Waals surface area (Å²) in [4.78, 5) is 11.9. The molecular weight excluding hydrogens is 372 g/mol. The third kappa shape index (κ3) is 3.55. The maximum absolute atomic E-state index is 11.9. The van der Waals surface area contributed by atoms with Crippen LogP contribution in [0.5, 0.6) is 0 Å². The molecule has 1 amide bonds. The van der Waals surface area contributed by atoms with Crippen molar-refractivity contribution in [2.45, 2.75) is 5.54 Å². The third-order valence-corrected chi connectivity index (χ3v) is 4.04. The minimum atomic E-state index is -1.44. The summed E-state index contributed by atoms with van der Waals surface area (Å²) in [6.45, 7) is -1.70. The molecule has 0 aliphatic rings. The summed E-state index contributed by atoms with van der Waals surface area (Å²) in [7, 11) is 0. The van der Waals surface area contributed by atoms with Crippen molar-refractivity contribution in [1.82, 2.24) is 5.32 Å². The molecule has 0 heterocycles. The predicted molar refractivity (Wildman–Crippen MR) is 75.6 cm³/mol. The molecule has 0 aliphatic carbocycles. The van der Waals surface area contributed by atoms with Gasteiger partial charge in [0.1, 0.15) is 5.54 Å². The molecule has 1 aromatic rings. The second-order valence-electron chi connectivity index (χ2n) is 3.84. The lowest BCUT2D eigenvalue weighted by Gasteiger charge is -2.28. The molecule has 7 heteroatoms. The van der Waals surface area contributed by atoms with E-state index < -0.39 is 31.3 Å². The van der Waals surface area contributed by atoms with Gasteiger partial charge >= 0.3 is 0 Å². The van der Waals surface area contributed by atoms with Crippen molar-refractivity contribution < 1.29 is 20.1 Å². The van der Waals surface area contributed by atoms with Gasteiger partial charge in [-0.25, -0.2) is 0 Å². The molecule has 100 valence electrons. The van der Waals surface area contributed by atoms with Gasteiger partial charge in [0.25, 0.3) is 5.91 Å². The Bertz CT molecular complexity index is 429. The highest BCUT2D eigenvalue weighted by molar-refractivity contribution is 14.1. The van der Waals surface area contributed by atoms with Crippen LogP contribution in [0.4, 0.5) is 0 Å². The van der Waals surface area contributed by atoms with Crippen LogP contribution < -0.4 is 5.32 Å². The van der Waals surface area contributed by atoms with Gasteiger partial charge in [0.2, 0.25) is 0 Å². The number of aliphatic hydroxyl groups is 3. The molecule has 0 saturated heterocycles. The van der Waals surface area contributed by atoms with Gasteiger partial charge in [0.05, 0.1) is 24.8 Å². The van der Waals surface area contributed by atoms with Crippen molar-refractivity contribution in [3.63, 3.8) is 0 Å². The minimum Gasteiger partial charge on any atom is -0.394 e. The highest BCUT2D eigenvalue weighted by Gasteiger charge is 2.30. The van der Waals surface area contributed by atoms with Crippen LogP contribution in [-0.4, -0.2) is 46.6 Å². The van der Waals surface area contributed by atoms with Gasteiger partial charge in [-0.2, -0.15) is 0 Å². The van der Waals surface area contributed by atoms with Crippen LogP contribution in [-0.2, 0) is 0 Å². The normalized spacial score (nSPS) is 11.4. The summed E-state index contributed by atoms with van der Waals surface area (Å²) in [6.07, 6.45) is 0. The Hall–Kier alpha value is -0.410. The fourth-order valence-corrected chi connectivity index (χ4v) is 1.73. The quantitative estimate of drug-likeness (QED) is 0.552. The molecule has 1 aromatic carbocycles. The van der Waals surface area contributed by atoms with Crippen LogP contribution in [0.25, 0.3) is 0 Å². The van der Waals surface area contributed by atoms with E-state index in [1.54, 1.807) is 12.1 Å². The fraction of sp³-hybridized carbons (Fsp3) is 0.364. The molecule has 0 spiro atoms. The van der Waals surface area contributed by atoms with Crippen molar-refractivity contribution in [2.75, 3.05) is 19.8 Å². The fourth-order valence-electron chi connectivity index (χ4n) is 1.22. The second-order valence-corrected chi connectivity index (χ2v) is 5.41. The third-order valence-electron chi connectivity index (χ3n) is 2.47. The largest absolute Gasteiger partial charge is 0.394 e. The van der Waals surface area contributed by atoms with E-state index in [9.17, 15) is 4.79 Å². The molecule has 0 saturated carbocycles. The van der Waals surface area contributed by atoms with Gasteiger partial charge in [-0.15, -0.1) is 0 Å². The monoisotopic (exact) mass is 385 g/mol. The molecule has 0 atom stereocenters. The van der Waals surface area contributed by atoms with Crippen LogP contribution in [0, 0.1) is 3.57 Å². The Labute approximate surface area is 123 Å². The van der Waals surface area contributed by atoms with Gasteiger partial charge < -0.3 is 20.6 Å². The molecule has 0 bridgehead atoms. The molecule has 0 radical (unpaired) electrons. The van der Waals surface area contributed by atoms with Crippen molar-refractivity contribution in [1.29, 1.82) is 0 Å². The van der Waals surface area contributed by atoms with E-state index in [1.807, 2.05) is 22.6 Å². The summed E-state index contributed by atoms with van der Waals surface area (Å²) in [6, 6.07) is 4.73. The SMILES string of the molecule is O=C(NC(CO)(CO)CO)c1ccc(I)c(Cl)c1. The topological polar surface area (TPSA) is 89.8 Å². The Morgan fingerprint density at radius 1 is 1.28 bits per heavy atom. The highest BCUT2D eigenvalue weighted by Crippen LogP contribution is 2.19. The van der Waals surface area contributed by atoms with Gasteiger partial charge in [-0.3, -0.25) is 4.79 Å². The number of halogens is 2. The molecular formula is C11H13ClINO4. The van der Waals surface area contributed by atoms with Gasteiger partial charge in [0.15, 0.2) is 0 Å². The average Bonchev–Trinajstić information content (AvgIpc) is 2.39. The average molecular weight is 386 g/mol. The summed E-state index contributed by atoms with van der Waals surface area (Å²) in [5.74, 6) is -0.523. The number of benzene rings is 1. The number of amides is 1. The van der Waals surface area contributed by atoms with Gasteiger partial charge in [-0.05, 0) is 40.8 Å². The van der Waals surface area contributed by atoms with Crippen LogP contribution in [0.15, 0.2) is 18.2 Å². The number of carbonyl (C=O) groups excluding carboxylic acids is 1. The first-order valence-electron chi connectivity index (χ1n) is 5.08. The van der Waals surface area contributed by atoms with E-state index >= 15 is 0 Å². The maximum atomic E-state index is 11.9. The molecule has 18 heavy (non-hydrogen) atoms. The first-order chi connectivity index (χ1) is 8.48. The number of hydrogen-bond acceptors (Lipinski definition) is 4. The molecule has 0 aromatic heterocycles. The molecule has 0 unspecified atom stereocenters. The Morgan fingerprint density at radius 3 is 2.28 bits per heavy atom. The molecule has 4 N–H and O–H groups in total. The zero-order valence-electron chi connectivity index (χ0n) is 9.36. The highest BCUT2D eigenvalue weighted by atomic mass is 127. The van der Waals surface area contributed by atoms with Crippen molar-refractivity contribution in [3.05, 3.63) is 32.4 Å². The van der Waals surface area contributed by atoms with Gasteiger partial charge in [-0.1, -0.05) is 11.6 Å². The number of hydrogen-bond donors (Lipinski definition) is 4. The first-order valence-corrected chi connectivity index (χ1v) is 6.54. The summed E-state index contributed by atoms with van der Waals surface area (Å²) in [5, 5.41) is 30.2. The molecule has 1 rings (SSSR count). The van der Waals surface area contributed by atoms with Crippen LogP contribution in [0.1, 0.15) is 10.4 Å². The Morgan fingerprint density at radius 2 is 1.83 bits per heavy atom. The Balaban J connectivity index is 2.90. The zero-order valence-corrected chi connectivity index (χ0v) is 12.3. The first kappa shape index (κ1) is 15.6. The maximum Gasteiger partial charge on any atom is 0.252 e. The minimum absolute atomic E-state index is 0.292. The molecule has 5 nitrogen and oxygen atoms in total. The van der Waals surface area contributed by atoms with Crippen LogP contribution in [0.3, 0.4) is 0 Å². The molecule has 0 aliphatic heterocycles. The zero-order chi connectivity index (χ0) is 13.8. The number of rotatable bonds is 5. The van der Waals surface area contributed by atoms with Crippen LogP contribution >= 0.6 is 34.2 Å². The van der Waals surface area contributed by atoms with E-state index in [1.165, 1.54) is 6.07 Å². The van der Waals surface area contributed by atoms with E-state index in [2.05, 4.69) is 5.32 Å². The lowest BCUT2D eigenvalue weighted by atomic mass is 10.0. The van der Waals surface area contributed by atoms with Gasteiger partial charge in [0, 0.05) is 9.13 Å². The smallest absolute Gasteiger partial charge is 0.252 e. The summed E-state index contributed by atoms with van der Waals surface area (Å²) >= 11 is 7.93. The van der Waals surface area contributed by atoms with Crippen molar-refractivity contribution in [2.24, 2.45) is 0 Å². The predicted octanol–water partition coefficient (Wildman–Crippen LogP) is 0.390. The van der Waals surface area contributed by atoms with E-state index in [4.69, 9.17) is 26.9 Å². The Kier molecular flexibility index (Phi) is 5.80. The van der Waals surface area contributed by atoms with E-state index in [0.29, 0.717) is 10.6 Å². The standard InChI is InChI=1S/C11H13ClINO4/c12-8-3-7(1-2-9(8)13)10(18)14-11(4-15,5-16)6-17/h1-3,15-17H,4-6H2,(H,14,18). The second kappa shape index (κ2) is 6.67. The van der Waals surface area contributed by atoms with E-state index in [-0.39, 0.29) is 0 Å².